The zero-order valence-corrected chi connectivity index (χ0v) is 16.7. The third-order valence-electron chi connectivity index (χ3n) is 3.62. The number of thioether (sulfide) groups is 1. The van der Waals surface area contributed by atoms with Crippen LogP contribution in [0.3, 0.4) is 0 Å². The van der Waals surface area contributed by atoms with Crippen molar-refractivity contribution < 1.29 is 14.6 Å². The van der Waals surface area contributed by atoms with Gasteiger partial charge in [0.25, 0.3) is 0 Å². The topological polar surface area (TPSA) is 76.5 Å². The van der Waals surface area contributed by atoms with Crippen molar-refractivity contribution in [3.05, 3.63) is 54.1 Å². The lowest BCUT2D eigenvalue weighted by Gasteiger charge is -2.11. The molecule has 142 valence electrons. The predicted octanol–water partition coefficient (Wildman–Crippen LogP) is 4.13. The molecule has 2 aromatic carbocycles. The van der Waals surface area contributed by atoms with Crippen LogP contribution in [0.5, 0.6) is 11.5 Å². The van der Waals surface area contributed by atoms with Crippen LogP contribution in [0.15, 0.2) is 52.9 Å². The van der Waals surface area contributed by atoms with Gasteiger partial charge in [-0.3, -0.25) is 0 Å². The number of nitrogens with zero attached hydrogens (tertiary/aromatic N) is 2. The molecule has 0 saturated carbocycles. The van der Waals surface area contributed by atoms with Crippen molar-refractivity contribution in [2.24, 2.45) is 0 Å². The molecule has 0 spiro atoms. The summed E-state index contributed by atoms with van der Waals surface area (Å²) in [6.07, 6.45) is -0.592. The number of methoxy groups -OCH3 is 1. The van der Waals surface area contributed by atoms with E-state index in [0.717, 1.165) is 21.5 Å². The first-order valence-corrected chi connectivity index (χ1v) is 10.2. The Balaban J connectivity index is 1.46. The summed E-state index contributed by atoms with van der Waals surface area (Å²) < 4.78 is 11.7. The van der Waals surface area contributed by atoms with E-state index in [2.05, 4.69) is 15.5 Å². The molecule has 0 amide bonds. The second-order valence-corrected chi connectivity index (χ2v) is 8.03. The van der Waals surface area contributed by atoms with E-state index in [9.17, 15) is 5.11 Å². The van der Waals surface area contributed by atoms with Gasteiger partial charge >= 0.3 is 0 Å². The SMILES string of the molecule is COc1ccccc1Nc1nnc(SC[C@H](O)COc2ccc(C)cc2)s1. The van der Waals surface area contributed by atoms with Crippen molar-refractivity contribution in [2.75, 3.05) is 24.8 Å². The molecule has 1 heterocycles. The number of aryl methyl sites for hydroxylation is 1. The number of benzene rings is 2. The molecule has 0 aliphatic rings. The Kier molecular flexibility index (Phi) is 6.92. The summed E-state index contributed by atoms with van der Waals surface area (Å²) in [5.41, 5.74) is 2.01. The number of hydrogen-bond acceptors (Lipinski definition) is 8. The molecule has 0 aliphatic carbocycles. The van der Waals surface area contributed by atoms with Crippen molar-refractivity contribution >= 4 is 33.9 Å². The minimum Gasteiger partial charge on any atom is -0.495 e. The molecule has 8 heteroatoms. The number of hydrogen-bond donors (Lipinski definition) is 2. The van der Waals surface area contributed by atoms with E-state index in [0.29, 0.717) is 10.9 Å². The largest absolute Gasteiger partial charge is 0.495 e. The average molecular weight is 404 g/mol. The van der Waals surface area contributed by atoms with Gasteiger partial charge in [-0.2, -0.15) is 0 Å². The molecule has 0 fully saturated rings. The summed E-state index contributed by atoms with van der Waals surface area (Å²) in [7, 11) is 1.63. The molecular formula is C19H21N3O3S2. The van der Waals surface area contributed by atoms with Gasteiger partial charge in [0, 0.05) is 5.75 Å². The van der Waals surface area contributed by atoms with Crippen molar-refractivity contribution in [1.82, 2.24) is 10.2 Å². The number of aromatic nitrogens is 2. The lowest BCUT2D eigenvalue weighted by molar-refractivity contribution is 0.126. The second kappa shape index (κ2) is 9.59. The number of rotatable bonds is 9. The Hall–Kier alpha value is -2.29. The zero-order valence-electron chi connectivity index (χ0n) is 15.1. The Morgan fingerprint density at radius 1 is 1.15 bits per heavy atom. The van der Waals surface area contributed by atoms with Crippen LogP contribution in [0.4, 0.5) is 10.8 Å². The Labute approximate surface area is 166 Å². The van der Waals surface area contributed by atoms with Gasteiger partial charge in [0.15, 0.2) is 4.34 Å². The molecule has 3 rings (SSSR count). The quantitative estimate of drug-likeness (QED) is 0.520. The van der Waals surface area contributed by atoms with Crippen molar-refractivity contribution in [3.8, 4) is 11.5 Å². The Morgan fingerprint density at radius 3 is 2.70 bits per heavy atom. The third kappa shape index (κ3) is 5.85. The predicted molar refractivity (Wildman–Crippen MR) is 110 cm³/mol. The standard InChI is InChI=1S/C19H21N3O3S2/c1-13-7-9-15(10-8-13)25-11-14(23)12-26-19-22-21-18(27-19)20-16-5-3-4-6-17(16)24-2/h3-10,14,23H,11-12H2,1-2H3,(H,20,21)/t14-/m1/s1. The van der Waals surface area contributed by atoms with E-state index in [-0.39, 0.29) is 6.61 Å². The van der Waals surface area contributed by atoms with Crippen LogP contribution in [0.25, 0.3) is 0 Å². The third-order valence-corrected chi connectivity index (χ3v) is 5.73. The van der Waals surface area contributed by atoms with E-state index in [4.69, 9.17) is 9.47 Å². The summed E-state index contributed by atoms with van der Waals surface area (Å²) in [4.78, 5) is 0. The molecule has 1 aromatic heterocycles. The van der Waals surface area contributed by atoms with Crippen molar-refractivity contribution in [3.63, 3.8) is 0 Å². The lowest BCUT2D eigenvalue weighted by atomic mass is 10.2. The first-order chi connectivity index (χ1) is 13.1. The number of nitrogens with one attached hydrogen (secondary N) is 1. The average Bonchev–Trinajstić information content (AvgIpc) is 3.14. The molecule has 0 unspecified atom stereocenters. The van der Waals surface area contributed by atoms with Gasteiger partial charge in [0.1, 0.15) is 18.1 Å². The van der Waals surface area contributed by atoms with Crippen LogP contribution in [-0.4, -0.2) is 40.9 Å². The molecule has 1 atom stereocenters. The molecule has 0 radical (unpaired) electrons. The molecule has 0 aliphatic heterocycles. The van der Waals surface area contributed by atoms with Crippen LogP contribution in [0.1, 0.15) is 5.56 Å². The maximum Gasteiger partial charge on any atom is 0.210 e. The normalized spacial score (nSPS) is 11.8. The van der Waals surface area contributed by atoms with Crippen LogP contribution in [0.2, 0.25) is 0 Å². The second-order valence-electron chi connectivity index (χ2n) is 5.79. The number of para-hydroxylation sites is 2. The van der Waals surface area contributed by atoms with E-state index < -0.39 is 6.10 Å². The monoisotopic (exact) mass is 403 g/mol. The lowest BCUT2D eigenvalue weighted by Crippen LogP contribution is -2.20. The minimum absolute atomic E-state index is 0.237. The molecule has 0 saturated heterocycles. The fraction of sp³-hybridized carbons (Fsp3) is 0.263. The maximum absolute atomic E-state index is 10.1. The van der Waals surface area contributed by atoms with Gasteiger partial charge in [-0.1, -0.05) is 52.9 Å². The summed E-state index contributed by atoms with van der Waals surface area (Å²) in [5.74, 6) is 1.98. The summed E-state index contributed by atoms with van der Waals surface area (Å²) in [5, 5.41) is 22.3. The van der Waals surface area contributed by atoms with Gasteiger partial charge in [-0.15, -0.1) is 10.2 Å². The van der Waals surface area contributed by atoms with E-state index in [1.165, 1.54) is 28.7 Å². The highest BCUT2D eigenvalue weighted by molar-refractivity contribution is 8.01. The Bertz CT molecular complexity index is 855. The Morgan fingerprint density at radius 2 is 1.93 bits per heavy atom. The summed E-state index contributed by atoms with van der Waals surface area (Å²) >= 11 is 2.88. The van der Waals surface area contributed by atoms with E-state index in [1.807, 2.05) is 55.5 Å². The fourth-order valence-electron chi connectivity index (χ4n) is 2.22. The van der Waals surface area contributed by atoms with Gasteiger partial charge in [0.2, 0.25) is 5.13 Å². The van der Waals surface area contributed by atoms with Crippen LogP contribution < -0.4 is 14.8 Å². The summed E-state index contributed by atoms with van der Waals surface area (Å²) in [6, 6.07) is 15.4. The van der Waals surface area contributed by atoms with Crippen molar-refractivity contribution in [2.45, 2.75) is 17.4 Å². The van der Waals surface area contributed by atoms with Gasteiger partial charge in [-0.25, -0.2) is 0 Å². The van der Waals surface area contributed by atoms with Crippen molar-refractivity contribution in [1.29, 1.82) is 0 Å². The van der Waals surface area contributed by atoms with Gasteiger partial charge in [-0.05, 0) is 31.2 Å². The van der Waals surface area contributed by atoms with Crippen LogP contribution >= 0.6 is 23.1 Å². The number of ether oxygens (including phenoxy) is 2. The van der Waals surface area contributed by atoms with Crippen LogP contribution in [-0.2, 0) is 0 Å². The fourth-order valence-corrected chi connectivity index (χ4v) is 3.92. The summed E-state index contributed by atoms with van der Waals surface area (Å²) in [6.45, 7) is 2.26. The maximum atomic E-state index is 10.1. The highest BCUT2D eigenvalue weighted by atomic mass is 32.2. The number of aliphatic hydroxyl groups is 1. The molecule has 6 nitrogen and oxygen atoms in total. The molecule has 27 heavy (non-hydrogen) atoms. The van der Waals surface area contributed by atoms with E-state index >= 15 is 0 Å². The molecular weight excluding hydrogens is 382 g/mol. The van der Waals surface area contributed by atoms with Crippen LogP contribution in [0, 0.1) is 6.92 Å². The number of anilines is 2. The number of aliphatic hydroxyl groups excluding tert-OH is 1. The first kappa shape index (κ1) is 19.5. The highest BCUT2D eigenvalue weighted by Crippen LogP contribution is 2.31. The molecule has 2 N–H and O–H groups in total. The molecule has 3 aromatic rings. The highest BCUT2D eigenvalue weighted by Gasteiger charge is 2.11. The molecule has 0 bridgehead atoms. The van der Waals surface area contributed by atoms with Gasteiger partial charge < -0.3 is 19.9 Å². The first-order valence-electron chi connectivity index (χ1n) is 8.38. The van der Waals surface area contributed by atoms with E-state index in [1.54, 1.807) is 7.11 Å². The van der Waals surface area contributed by atoms with Gasteiger partial charge in [0.05, 0.1) is 18.9 Å². The zero-order chi connectivity index (χ0) is 19.1. The smallest absolute Gasteiger partial charge is 0.210 e. The minimum atomic E-state index is -0.592.